The first-order chi connectivity index (χ1) is 9.72. The normalized spacial score (nSPS) is 14.5. The highest BCUT2D eigenvalue weighted by molar-refractivity contribution is 9.10. The number of carbonyl (C=O) groups is 1. The molecule has 2 atom stereocenters. The molecule has 1 aromatic carbocycles. The van der Waals surface area contributed by atoms with Gasteiger partial charge in [0.1, 0.15) is 11.9 Å². The molecule has 1 rings (SSSR count). The quantitative estimate of drug-likeness (QED) is 0.768. The zero-order valence-electron chi connectivity index (χ0n) is 11.9. The summed E-state index contributed by atoms with van der Waals surface area (Å²) in [6.45, 7) is 3.58. The molecule has 21 heavy (non-hydrogen) atoms. The van der Waals surface area contributed by atoms with E-state index >= 15 is 0 Å². The van der Waals surface area contributed by atoms with E-state index in [4.69, 9.17) is 0 Å². The van der Waals surface area contributed by atoms with Gasteiger partial charge in [0.05, 0.1) is 12.0 Å². The monoisotopic (exact) mass is 381 g/mol. The Balaban J connectivity index is 3.14. The minimum Gasteiger partial charge on any atom is -0.468 e. The number of nitrogens with one attached hydrogen (secondary N) is 1. The number of hydrogen-bond donors (Lipinski definition) is 1. The van der Waals surface area contributed by atoms with Crippen molar-refractivity contribution in [1.29, 1.82) is 0 Å². The third kappa shape index (κ3) is 4.49. The van der Waals surface area contributed by atoms with Crippen molar-refractivity contribution in [2.75, 3.05) is 7.11 Å². The van der Waals surface area contributed by atoms with Crippen LogP contribution < -0.4 is 4.72 Å². The van der Waals surface area contributed by atoms with E-state index in [1.54, 1.807) is 6.92 Å². The van der Waals surface area contributed by atoms with Crippen LogP contribution in [0.15, 0.2) is 27.6 Å². The van der Waals surface area contributed by atoms with Crippen molar-refractivity contribution in [3.8, 4) is 0 Å². The number of sulfonamides is 1. The fourth-order valence-corrected chi connectivity index (χ4v) is 4.03. The van der Waals surface area contributed by atoms with E-state index in [9.17, 15) is 17.6 Å². The van der Waals surface area contributed by atoms with E-state index in [0.29, 0.717) is 6.42 Å². The van der Waals surface area contributed by atoms with Crippen LogP contribution in [0.3, 0.4) is 0 Å². The predicted molar refractivity (Wildman–Crippen MR) is 79.7 cm³/mol. The van der Waals surface area contributed by atoms with Crippen LogP contribution in [-0.2, 0) is 19.6 Å². The van der Waals surface area contributed by atoms with Gasteiger partial charge in [-0.1, -0.05) is 20.3 Å². The van der Waals surface area contributed by atoms with Crippen LogP contribution in [0.4, 0.5) is 4.39 Å². The smallest absolute Gasteiger partial charge is 0.324 e. The number of hydrogen-bond acceptors (Lipinski definition) is 4. The summed E-state index contributed by atoms with van der Waals surface area (Å²) >= 11 is 3.01. The summed E-state index contributed by atoms with van der Waals surface area (Å²) in [6, 6.07) is 2.22. The van der Waals surface area contributed by atoms with Gasteiger partial charge in [-0.3, -0.25) is 4.79 Å². The molecule has 0 heterocycles. The van der Waals surface area contributed by atoms with Crippen LogP contribution >= 0.6 is 15.9 Å². The number of halogens is 2. The van der Waals surface area contributed by atoms with Crippen molar-refractivity contribution in [2.45, 2.75) is 31.2 Å². The van der Waals surface area contributed by atoms with Gasteiger partial charge in [0.25, 0.3) is 0 Å². The summed E-state index contributed by atoms with van der Waals surface area (Å²) in [5.74, 6) is -1.47. The van der Waals surface area contributed by atoms with Crippen molar-refractivity contribution in [2.24, 2.45) is 5.92 Å². The van der Waals surface area contributed by atoms with E-state index in [-0.39, 0.29) is 15.3 Å². The Bertz CT molecular complexity index is 621. The molecule has 0 radical (unpaired) electrons. The first-order valence-electron chi connectivity index (χ1n) is 6.28. The van der Waals surface area contributed by atoms with E-state index in [1.807, 2.05) is 6.92 Å². The maximum Gasteiger partial charge on any atom is 0.324 e. The summed E-state index contributed by atoms with van der Waals surface area (Å²) in [5.41, 5.74) is 0. The van der Waals surface area contributed by atoms with Gasteiger partial charge in [-0.05, 0) is 40.0 Å². The molecule has 0 aliphatic rings. The summed E-state index contributed by atoms with van der Waals surface area (Å²) in [7, 11) is -2.79. The molecular weight excluding hydrogens is 365 g/mol. The fraction of sp³-hybridized carbons (Fsp3) is 0.462. The van der Waals surface area contributed by atoms with Gasteiger partial charge in [-0.2, -0.15) is 4.72 Å². The molecule has 0 saturated carbocycles. The summed E-state index contributed by atoms with van der Waals surface area (Å²) in [4.78, 5) is 11.6. The molecular formula is C13H17BrFNO4S. The van der Waals surface area contributed by atoms with E-state index < -0.39 is 27.9 Å². The van der Waals surface area contributed by atoms with Crippen LogP contribution in [0, 0.1) is 11.7 Å². The molecule has 0 aromatic heterocycles. The maximum atomic E-state index is 13.0. The molecule has 1 aromatic rings. The number of carbonyl (C=O) groups excluding carboxylic acids is 1. The third-order valence-corrected chi connectivity index (χ3v) is 5.55. The van der Waals surface area contributed by atoms with Crippen molar-refractivity contribution >= 4 is 31.9 Å². The fourth-order valence-electron chi connectivity index (χ4n) is 1.68. The number of ether oxygens (including phenoxy) is 1. The van der Waals surface area contributed by atoms with Crippen LogP contribution in [-0.4, -0.2) is 27.5 Å². The Morgan fingerprint density at radius 2 is 2.10 bits per heavy atom. The number of esters is 1. The lowest BCUT2D eigenvalue weighted by atomic mass is 10.0. The van der Waals surface area contributed by atoms with Gasteiger partial charge in [0, 0.05) is 4.47 Å². The third-order valence-electron chi connectivity index (χ3n) is 3.13. The molecule has 0 fully saturated rings. The predicted octanol–water partition coefficient (Wildman–Crippen LogP) is 2.45. The van der Waals surface area contributed by atoms with Crippen LogP contribution in [0.1, 0.15) is 20.3 Å². The minimum atomic E-state index is -3.98. The second kappa shape index (κ2) is 7.33. The standard InChI is InChI=1S/C13H17BrFNO4S/c1-4-8(2)12(13(17)20-3)16-21(18,19)11-6-5-9(15)7-10(11)14/h5-8,12,16H,4H2,1-3H3/t8?,12-/m0/s1. The van der Waals surface area contributed by atoms with Crippen LogP contribution in [0.25, 0.3) is 0 Å². The molecule has 1 unspecified atom stereocenters. The van der Waals surface area contributed by atoms with Gasteiger partial charge >= 0.3 is 5.97 Å². The highest BCUT2D eigenvalue weighted by atomic mass is 79.9. The maximum absolute atomic E-state index is 13.0. The van der Waals surface area contributed by atoms with E-state index in [1.165, 1.54) is 7.11 Å². The Morgan fingerprint density at radius 3 is 2.57 bits per heavy atom. The molecule has 0 amide bonds. The van der Waals surface area contributed by atoms with Gasteiger partial charge < -0.3 is 4.74 Å². The lowest BCUT2D eigenvalue weighted by Gasteiger charge is -2.22. The number of rotatable bonds is 6. The van der Waals surface area contributed by atoms with Crippen molar-refractivity contribution in [3.05, 3.63) is 28.5 Å². The van der Waals surface area contributed by atoms with Crippen molar-refractivity contribution in [3.63, 3.8) is 0 Å². The lowest BCUT2D eigenvalue weighted by Crippen LogP contribution is -2.45. The molecule has 118 valence electrons. The summed E-state index contributed by atoms with van der Waals surface area (Å²) in [6.07, 6.45) is 0.590. The molecule has 0 aliphatic heterocycles. The average molecular weight is 382 g/mol. The Morgan fingerprint density at radius 1 is 1.48 bits per heavy atom. The Labute approximate surface area is 132 Å². The minimum absolute atomic E-state index is 0.0859. The summed E-state index contributed by atoms with van der Waals surface area (Å²) in [5, 5.41) is 0. The molecule has 8 heteroatoms. The molecule has 0 spiro atoms. The highest BCUT2D eigenvalue weighted by Gasteiger charge is 2.31. The average Bonchev–Trinajstić information content (AvgIpc) is 2.42. The molecule has 1 N–H and O–H groups in total. The SMILES string of the molecule is CCC(C)[C@H](NS(=O)(=O)c1ccc(F)cc1Br)C(=O)OC. The van der Waals surface area contributed by atoms with Crippen LogP contribution in [0.2, 0.25) is 0 Å². The Kier molecular flexibility index (Phi) is 6.30. The van der Waals surface area contributed by atoms with Gasteiger partial charge in [-0.15, -0.1) is 0 Å². The zero-order valence-corrected chi connectivity index (χ0v) is 14.3. The second-order valence-electron chi connectivity index (χ2n) is 4.58. The number of benzene rings is 1. The van der Waals surface area contributed by atoms with Gasteiger partial charge in [-0.25, -0.2) is 12.8 Å². The topological polar surface area (TPSA) is 72.5 Å². The first-order valence-corrected chi connectivity index (χ1v) is 8.55. The second-order valence-corrected chi connectivity index (χ2v) is 7.12. The number of methoxy groups -OCH3 is 1. The van der Waals surface area contributed by atoms with Crippen molar-refractivity contribution < 1.29 is 22.3 Å². The van der Waals surface area contributed by atoms with Crippen molar-refractivity contribution in [1.82, 2.24) is 4.72 Å². The molecule has 0 bridgehead atoms. The highest BCUT2D eigenvalue weighted by Crippen LogP contribution is 2.24. The molecule has 5 nitrogen and oxygen atoms in total. The zero-order chi connectivity index (χ0) is 16.2. The van der Waals surface area contributed by atoms with Gasteiger partial charge in [0.2, 0.25) is 10.0 Å². The Hall–Kier alpha value is -0.990. The molecule has 0 aliphatic carbocycles. The molecule has 0 saturated heterocycles. The lowest BCUT2D eigenvalue weighted by molar-refractivity contribution is -0.143. The largest absolute Gasteiger partial charge is 0.468 e. The van der Waals surface area contributed by atoms with Gasteiger partial charge in [0.15, 0.2) is 0 Å². The summed E-state index contributed by atoms with van der Waals surface area (Å²) < 4.78 is 44.8. The first kappa shape index (κ1) is 18.1. The van der Waals surface area contributed by atoms with E-state index in [0.717, 1.165) is 18.2 Å². The van der Waals surface area contributed by atoms with E-state index in [2.05, 4.69) is 25.4 Å². The van der Waals surface area contributed by atoms with Crippen LogP contribution in [0.5, 0.6) is 0 Å².